The lowest BCUT2D eigenvalue weighted by Crippen LogP contribution is -2.56. The summed E-state index contributed by atoms with van der Waals surface area (Å²) >= 11 is 0. The van der Waals surface area contributed by atoms with E-state index in [1.165, 1.54) is 17.7 Å². The number of amides is 1. The minimum atomic E-state index is -4.40. The largest absolute Gasteiger partial charge is 0.497 e. The fraction of sp³-hybridized carbons (Fsp3) is 0.433. The van der Waals surface area contributed by atoms with E-state index in [9.17, 15) is 18.0 Å². The number of rotatable bonds is 5. The molecule has 1 saturated carbocycles. The third-order valence-electron chi connectivity index (χ3n) is 8.01. The van der Waals surface area contributed by atoms with Gasteiger partial charge in [-0.05, 0) is 80.1 Å². The number of likely N-dealkylation sites (tertiary alicyclic amines) is 1. The van der Waals surface area contributed by atoms with E-state index in [0.29, 0.717) is 11.5 Å². The Bertz CT molecular complexity index is 1180. The monoisotopic (exact) mass is 510 g/mol. The number of carbonyl (C=O) groups is 1. The smallest absolute Gasteiger partial charge is 0.416 e. The van der Waals surface area contributed by atoms with E-state index in [1.54, 1.807) is 19.1 Å². The van der Waals surface area contributed by atoms with Gasteiger partial charge in [-0.1, -0.05) is 24.1 Å². The van der Waals surface area contributed by atoms with Crippen LogP contribution in [0.15, 0.2) is 61.2 Å². The normalized spacial score (nSPS) is 23.8. The summed E-state index contributed by atoms with van der Waals surface area (Å²) < 4.78 is 44.0. The van der Waals surface area contributed by atoms with Crippen LogP contribution in [0.1, 0.15) is 42.4 Å². The fourth-order valence-corrected chi connectivity index (χ4v) is 5.92. The molecular formula is C30H33F3N2O2. The van der Waals surface area contributed by atoms with Crippen LogP contribution in [-0.4, -0.2) is 55.5 Å². The highest BCUT2D eigenvalue weighted by Crippen LogP contribution is 2.50. The van der Waals surface area contributed by atoms with Gasteiger partial charge in [0.05, 0.1) is 12.7 Å². The SMILES string of the molecule is C=CCN1CC[C@@]2(c3cccc(OC)c3)C[C@H](N(C)C(=O)C#Cc3ccc(C(F)(F)F)cc3)CC[C@@H]2C1. The average Bonchev–Trinajstić information content (AvgIpc) is 2.91. The van der Waals surface area contributed by atoms with Crippen molar-refractivity contribution in [2.24, 2.45) is 5.92 Å². The van der Waals surface area contributed by atoms with Crippen molar-refractivity contribution in [3.05, 3.63) is 77.9 Å². The standard InChI is InChI=1S/C30H33F3N2O2/c1-4-17-35-18-16-29(24-6-5-7-27(19-24)37-3)20-26(14-13-25(29)21-35)34(2)28(36)15-10-22-8-11-23(12-9-22)30(31,32)33/h4-9,11-12,19,25-26H,1,13-14,16-18,20-21H2,2-3H3/t25-,26-,29+/m1/s1. The van der Waals surface area contributed by atoms with Gasteiger partial charge >= 0.3 is 6.18 Å². The lowest BCUT2D eigenvalue weighted by molar-refractivity contribution is -0.137. The second kappa shape index (κ2) is 11.0. The highest BCUT2D eigenvalue weighted by Gasteiger charge is 2.49. The van der Waals surface area contributed by atoms with E-state index in [1.807, 2.05) is 18.2 Å². The predicted octanol–water partition coefficient (Wildman–Crippen LogP) is 5.52. The fourth-order valence-electron chi connectivity index (χ4n) is 5.92. The number of nitrogens with zero attached hydrogens (tertiary/aromatic N) is 2. The van der Waals surface area contributed by atoms with Crippen molar-refractivity contribution >= 4 is 5.91 Å². The molecule has 1 heterocycles. The lowest BCUT2D eigenvalue weighted by Gasteiger charge is -2.54. The van der Waals surface area contributed by atoms with Gasteiger partial charge in [-0.15, -0.1) is 6.58 Å². The van der Waals surface area contributed by atoms with Crippen LogP contribution in [0, 0.1) is 17.8 Å². The second-order valence-corrected chi connectivity index (χ2v) is 10.1. The maximum atomic E-state index is 13.0. The number of alkyl halides is 3. The van der Waals surface area contributed by atoms with E-state index < -0.39 is 11.7 Å². The Kier molecular flexibility index (Phi) is 7.99. The van der Waals surface area contributed by atoms with Gasteiger partial charge < -0.3 is 9.64 Å². The molecule has 0 bridgehead atoms. The quantitative estimate of drug-likeness (QED) is 0.392. The first-order valence-electron chi connectivity index (χ1n) is 12.6. The number of piperidine rings is 1. The van der Waals surface area contributed by atoms with Crippen LogP contribution in [0.3, 0.4) is 0 Å². The molecule has 37 heavy (non-hydrogen) atoms. The zero-order valence-electron chi connectivity index (χ0n) is 21.4. The molecule has 1 aliphatic carbocycles. The van der Waals surface area contributed by atoms with Crippen molar-refractivity contribution in [3.63, 3.8) is 0 Å². The van der Waals surface area contributed by atoms with Crippen LogP contribution in [0.5, 0.6) is 5.75 Å². The summed E-state index contributed by atoms with van der Waals surface area (Å²) in [6.45, 7) is 6.71. The molecule has 3 atom stereocenters. The molecular weight excluding hydrogens is 477 g/mol. The van der Waals surface area contributed by atoms with Gasteiger partial charge in [-0.3, -0.25) is 9.69 Å². The molecule has 2 aromatic rings. The molecule has 0 spiro atoms. The molecule has 196 valence electrons. The summed E-state index contributed by atoms with van der Waals surface area (Å²) in [6, 6.07) is 12.9. The van der Waals surface area contributed by atoms with E-state index in [-0.39, 0.29) is 17.4 Å². The molecule has 0 unspecified atom stereocenters. The van der Waals surface area contributed by atoms with E-state index >= 15 is 0 Å². The van der Waals surface area contributed by atoms with Gasteiger partial charge in [0.2, 0.25) is 0 Å². The number of ether oxygens (including phenoxy) is 1. The maximum Gasteiger partial charge on any atom is 0.416 e. The molecule has 4 nitrogen and oxygen atoms in total. The van der Waals surface area contributed by atoms with Gasteiger partial charge in [-0.25, -0.2) is 0 Å². The van der Waals surface area contributed by atoms with E-state index in [0.717, 1.165) is 63.2 Å². The van der Waals surface area contributed by atoms with Crippen LogP contribution in [0.2, 0.25) is 0 Å². The average molecular weight is 511 g/mol. The van der Waals surface area contributed by atoms with Crippen molar-refractivity contribution < 1.29 is 22.7 Å². The van der Waals surface area contributed by atoms with Gasteiger partial charge in [0.15, 0.2) is 0 Å². The third-order valence-corrected chi connectivity index (χ3v) is 8.01. The van der Waals surface area contributed by atoms with Crippen LogP contribution < -0.4 is 4.74 Å². The summed E-state index contributed by atoms with van der Waals surface area (Å²) in [4.78, 5) is 17.2. The second-order valence-electron chi connectivity index (χ2n) is 10.1. The highest BCUT2D eigenvalue weighted by atomic mass is 19.4. The Morgan fingerprint density at radius 2 is 2.00 bits per heavy atom. The van der Waals surface area contributed by atoms with Crippen molar-refractivity contribution in [1.82, 2.24) is 9.80 Å². The van der Waals surface area contributed by atoms with Crippen molar-refractivity contribution in [2.45, 2.75) is 43.3 Å². The Labute approximate surface area is 217 Å². The van der Waals surface area contributed by atoms with E-state index in [4.69, 9.17) is 4.74 Å². The maximum absolute atomic E-state index is 13.0. The Hall–Kier alpha value is -3.24. The molecule has 1 saturated heterocycles. The van der Waals surface area contributed by atoms with Gasteiger partial charge in [0.25, 0.3) is 5.91 Å². The zero-order chi connectivity index (χ0) is 26.6. The van der Waals surface area contributed by atoms with Gasteiger partial charge in [0.1, 0.15) is 5.75 Å². The molecule has 1 amide bonds. The molecule has 1 aliphatic heterocycles. The summed E-state index contributed by atoms with van der Waals surface area (Å²) in [6.07, 6.45) is 1.22. The van der Waals surface area contributed by atoms with Gasteiger partial charge in [-0.2, -0.15) is 13.2 Å². The van der Waals surface area contributed by atoms with Crippen LogP contribution in [0.25, 0.3) is 0 Å². The molecule has 4 rings (SSSR count). The predicted molar refractivity (Wildman–Crippen MR) is 138 cm³/mol. The first-order valence-corrected chi connectivity index (χ1v) is 12.6. The topological polar surface area (TPSA) is 32.8 Å². The number of methoxy groups -OCH3 is 1. The number of benzene rings is 2. The summed E-state index contributed by atoms with van der Waals surface area (Å²) in [5, 5.41) is 0. The molecule has 0 N–H and O–H groups in total. The minimum Gasteiger partial charge on any atom is -0.497 e. The number of carbonyl (C=O) groups excluding carboxylic acids is 1. The van der Waals surface area contributed by atoms with Gasteiger partial charge in [0, 0.05) is 43.1 Å². The summed E-state index contributed by atoms with van der Waals surface area (Å²) in [7, 11) is 3.45. The number of halogens is 3. The highest BCUT2D eigenvalue weighted by molar-refractivity contribution is 5.94. The number of fused-ring (bicyclic) bond motifs is 1. The van der Waals surface area contributed by atoms with Crippen molar-refractivity contribution in [3.8, 4) is 17.6 Å². The number of hydrogen-bond donors (Lipinski definition) is 0. The van der Waals surface area contributed by atoms with E-state index in [2.05, 4.69) is 35.5 Å². The number of hydrogen-bond acceptors (Lipinski definition) is 3. The van der Waals surface area contributed by atoms with Crippen molar-refractivity contribution in [2.75, 3.05) is 33.8 Å². The van der Waals surface area contributed by atoms with Crippen LogP contribution in [-0.2, 0) is 16.4 Å². The first-order chi connectivity index (χ1) is 17.7. The Balaban J connectivity index is 1.54. The molecule has 0 radical (unpaired) electrons. The van der Waals surface area contributed by atoms with Crippen molar-refractivity contribution in [1.29, 1.82) is 0 Å². The van der Waals surface area contributed by atoms with Crippen LogP contribution >= 0.6 is 0 Å². The molecule has 2 fully saturated rings. The summed E-state index contributed by atoms with van der Waals surface area (Å²) in [5.74, 6) is 6.32. The Morgan fingerprint density at radius 1 is 1.24 bits per heavy atom. The lowest BCUT2D eigenvalue weighted by atomic mass is 9.57. The Morgan fingerprint density at radius 3 is 2.68 bits per heavy atom. The molecule has 7 heteroatoms. The third kappa shape index (κ3) is 5.86. The minimum absolute atomic E-state index is 0.0165. The molecule has 0 aromatic heterocycles. The summed E-state index contributed by atoms with van der Waals surface area (Å²) in [5.41, 5.74) is 0.808. The van der Waals surface area contributed by atoms with Crippen LogP contribution in [0.4, 0.5) is 13.2 Å². The zero-order valence-corrected chi connectivity index (χ0v) is 21.4. The molecule has 2 aliphatic rings. The first kappa shape index (κ1) is 26.8. The molecule has 2 aromatic carbocycles.